The molecule has 0 aliphatic heterocycles. The Morgan fingerprint density at radius 2 is 1.65 bits per heavy atom. The van der Waals surface area contributed by atoms with E-state index in [1.54, 1.807) is 11.3 Å². The Morgan fingerprint density at radius 3 is 2.30 bits per heavy atom. The third kappa shape index (κ3) is 4.17. The Balaban J connectivity index is 0.000000357. The van der Waals surface area contributed by atoms with Crippen LogP contribution in [0.4, 0.5) is 0 Å². The molecule has 3 rings (SSSR count). The Morgan fingerprint density at radius 1 is 0.950 bits per heavy atom. The predicted octanol–water partition coefficient (Wildman–Crippen LogP) is 6.41. The lowest BCUT2D eigenvalue weighted by molar-refractivity contribution is 1.09. The number of nitrogens with zero attached hydrogens (tertiary/aromatic N) is 1. The van der Waals surface area contributed by atoms with E-state index in [0.29, 0.717) is 0 Å². The topological polar surface area (TPSA) is 12.9 Å². The summed E-state index contributed by atoms with van der Waals surface area (Å²) < 4.78 is 0. The summed E-state index contributed by atoms with van der Waals surface area (Å²) in [7, 11) is 0. The van der Waals surface area contributed by atoms with Crippen molar-refractivity contribution in [2.45, 2.75) is 34.1 Å². The van der Waals surface area contributed by atoms with Crippen molar-refractivity contribution in [3.63, 3.8) is 0 Å². The maximum absolute atomic E-state index is 4.46. The van der Waals surface area contributed by atoms with Gasteiger partial charge in [-0.15, -0.1) is 11.3 Å². The molecular formula is C18H23NS. The van der Waals surface area contributed by atoms with Crippen LogP contribution in [0.15, 0.2) is 54.0 Å². The Bertz CT molecular complexity index is 594. The molecule has 2 heterocycles. The van der Waals surface area contributed by atoms with E-state index in [1.165, 1.54) is 22.1 Å². The molecule has 2 aromatic heterocycles. The van der Waals surface area contributed by atoms with Crippen LogP contribution in [0.2, 0.25) is 0 Å². The van der Waals surface area contributed by atoms with E-state index in [-0.39, 0.29) is 0 Å². The van der Waals surface area contributed by atoms with E-state index in [9.17, 15) is 0 Å². The second-order valence-corrected chi connectivity index (χ2v) is 5.01. The molecule has 0 N–H and O–H groups in total. The van der Waals surface area contributed by atoms with Crippen molar-refractivity contribution in [1.29, 1.82) is 0 Å². The third-order valence-electron chi connectivity index (χ3n) is 2.43. The van der Waals surface area contributed by atoms with Crippen LogP contribution in [0, 0.1) is 0 Å². The molecule has 1 aromatic carbocycles. The minimum absolute atomic E-state index is 1.09. The highest BCUT2D eigenvalue weighted by atomic mass is 32.1. The highest BCUT2D eigenvalue weighted by Gasteiger charge is 2.04. The first-order chi connectivity index (χ1) is 9.86. The Hall–Kier alpha value is -1.67. The summed E-state index contributed by atoms with van der Waals surface area (Å²) in [6, 6.07) is 14.6. The molecule has 0 saturated heterocycles. The molecule has 2 heteroatoms. The zero-order chi connectivity index (χ0) is 14.8. The largest absolute Gasteiger partial charge is 0.255 e. The van der Waals surface area contributed by atoms with Gasteiger partial charge in [0.25, 0.3) is 0 Å². The molecule has 0 fully saturated rings. The normalized spacial score (nSPS) is 9.20. The van der Waals surface area contributed by atoms with Gasteiger partial charge in [-0.05, 0) is 22.9 Å². The van der Waals surface area contributed by atoms with E-state index < -0.39 is 0 Å². The highest BCUT2D eigenvalue weighted by Crippen LogP contribution is 2.29. The Kier molecular flexibility index (Phi) is 7.59. The van der Waals surface area contributed by atoms with Gasteiger partial charge < -0.3 is 0 Å². The molecule has 0 bridgehead atoms. The monoisotopic (exact) mass is 285 g/mol. The van der Waals surface area contributed by atoms with Gasteiger partial charge in [0, 0.05) is 11.6 Å². The molecular weight excluding hydrogens is 262 g/mol. The summed E-state index contributed by atoms with van der Waals surface area (Å²) in [4.78, 5) is 5.69. The van der Waals surface area contributed by atoms with Gasteiger partial charge in [0.15, 0.2) is 0 Å². The van der Waals surface area contributed by atoms with Crippen molar-refractivity contribution in [2.75, 3.05) is 0 Å². The van der Waals surface area contributed by atoms with E-state index in [4.69, 9.17) is 0 Å². The molecule has 0 saturated carbocycles. The summed E-state index contributed by atoms with van der Waals surface area (Å²) in [5.74, 6) is 0. The molecule has 0 amide bonds. The van der Waals surface area contributed by atoms with Crippen LogP contribution in [0.3, 0.4) is 0 Å². The van der Waals surface area contributed by atoms with Gasteiger partial charge in [0.05, 0.1) is 10.6 Å². The number of hydrogen-bond acceptors (Lipinski definition) is 2. The van der Waals surface area contributed by atoms with Crippen LogP contribution < -0.4 is 0 Å². The molecule has 0 aliphatic carbocycles. The van der Waals surface area contributed by atoms with Crippen molar-refractivity contribution in [3.8, 4) is 10.6 Å². The van der Waals surface area contributed by atoms with Crippen molar-refractivity contribution in [2.24, 2.45) is 0 Å². The van der Waals surface area contributed by atoms with Crippen LogP contribution in [-0.2, 0) is 0 Å². The van der Waals surface area contributed by atoms with Crippen molar-refractivity contribution >= 4 is 22.1 Å². The number of rotatable bonds is 1. The number of thiophene rings is 1. The van der Waals surface area contributed by atoms with Gasteiger partial charge in [-0.25, -0.2) is 0 Å². The van der Waals surface area contributed by atoms with Crippen molar-refractivity contribution in [3.05, 3.63) is 54.0 Å². The second kappa shape index (κ2) is 9.27. The molecule has 1 nitrogen and oxygen atoms in total. The molecule has 0 spiro atoms. The minimum Gasteiger partial charge on any atom is -0.255 e. The fraction of sp³-hybridized carbons (Fsp3) is 0.278. The SMILES string of the molecule is CC.CCC.c1csc(-c2nccc3ccccc23)c1. The lowest BCUT2D eigenvalue weighted by Gasteiger charge is -2.02. The van der Waals surface area contributed by atoms with Crippen LogP contribution in [0.1, 0.15) is 34.1 Å². The minimum atomic E-state index is 1.09. The molecule has 0 unspecified atom stereocenters. The van der Waals surface area contributed by atoms with E-state index in [1.807, 2.05) is 26.1 Å². The zero-order valence-electron chi connectivity index (χ0n) is 12.8. The Labute approximate surface area is 126 Å². The summed E-state index contributed by atoms with van der Waals surface area (Å²) in [6.45, 7) is 8.25. The molecule has 106 valence electrons. The van der Waals surface area contributed by atoms with E-state index >= 15 is 0 Å². The summed E-state index contributed by atoms with van der Waals surface area (Å²) in [6.07, 6.45) is 3.12. The van der Waals surface area contributed by atoms with Gasteiger partial charge >= 0.3 is 0 Å². The average molecular weight is 285 g/mol. The van der Waals surface area contributed by atoms with Gasteiger partial charge in [0.1, 0.15) is 0 Å². The van der Waals surface area contributed by atoms with Gasteiger partial charge in [-0.2, -0.15) is 0 Å². The smallest absolute Gasteiger partial charge is 0.0879 e. The first kappa shape index (κ1) is 16.4. The summed E-state index contributed by atoms with van der Waals surface area (Å²) in [5.41, 5.74) is 1.09. The van der Waals surface area contributed by atoms with Crippen molar-refractivity contribution in [1.82, 2.24) is 4.98 Å². The molecule has 20 heavy (non-hydrogen) atoms. The maximum atomic E-state index is 4.46. The average Bonchev–Trinajstić information content (AvgIpc) is 3.04. The standard InChI is InChI=1S/C13H9NS.C3H8.C2H6/c1-2-5-11-10(4-1)7-8-14-13(11)12-6-3-9-15-12;1-3-2;1-2/h1-9H;3H2,1-2H3;1-2H3. The zero-order valence-corrected chi connectivity index (χ0v) is 13.6. The van der Waals surface area contributed by atoms with Crippen molar-refractivity contribution < 1.29 is 0 Å². The highest BCUT2D eigenvalue weighted by molar-refractivity contribution is 7.13. The van der Waals surface area contributed by atoms with Crippen LogP contribution in [-0.4, -0.2) is 4.98 Å². The number of aromatic nitrogens is 1. The quantitative estimate of drug-likeness (QED) is 0.503. The third-order valence-corrected chi connectivity index (χ3v) is 3.30. The predicted molar refractivity (Wildman–Crippen MR) is 92.4 cm³/mol. The number of fused-ring (bicyclic) bond motifs is 1. The summed E-state index contributed by atoms with van der Waals surface area (Å²) >= 11 is 1.73. The first-order valence-electron chi connectivity index (χ1n) is 7.24. The lowest BCUT2D eigenvalue weighted by Crippen LogP contribution is -1.82. The molecule has 0 aliphatic rings. The summed E-state index contributed by atoms with van der Waals surface area (Å²) in [5, 5.41) is 4.55. The fourth-order valence-electron chi connectivity index (χ4n) is 1.73. The van der Waals surface area contributed by atoms with Crippen LogP contribution >= 0.6 is 11.3 Å². The molecule has 0 atom stereocenters. The molecule has 0 radical (unpaired) electrons. The van der Waals surface area contributed by atoms with E-state index in [2.05, 4.69) is 60.6 Å². The first-order valence-corrected chi connectivity index (χ1v) is 8.12. The number of benzene rings is 1. The molecule has 3 aromatic rings. The number of pyridine rings is 1. The second-order valence-electron chi connectivity index (χ2n) is 4.07. The van der Waals surface area contributed by atoms with E-state index in [0.717, 1.165) is 5.69 Å². The fourth-order valence-corrected chi connectivity index (χ4v) is 2.46. The van der Waals surface area contributed by atoms with Gasteiger partial charge in [-0.1, -0.05) is 64.4 Å². The van der Waals surface area contributed by atoms with Crippen LogP contribution in [0.25, 0.3) is 21.3 Å². The van der Waals surface area contributed by atoms with Gasteiger partial charge in [0.2, 0.25) is 0 Å². The van der Waals surface area contributed by atoms with Gasteiger partial charge in [-0.3, -0.25) is 4.98 Å². The number of hydrogen-bond donors (Lipinski definition) is 0. The lowest BCUT2D eigenvalue weighted by atomic mass is 10.1. The maximum Gasteiger partial charge on any atom is 0.0879 e. The van der Waals surface area contributed by atoms with Crippen LogP contribution in [0.5, 0.6) is 0 Å².